The summed E-state index contributed by atoms with van der Waals surface area (Å²) < 4.78 is 1.84. The van der Waals surface area contributed by atoms with Crippen LogP contribution in [0.1, 0.15) is 31.1 Å². The van der Waals surface area contributed by atoms with Gasteiger partial charge in [0, 0.05) is 39.8 Å². The zero-order valence-electron chi connectivity index (χ0n) is 20.5. The molecule has 4 rings (SSSR count). The minimum absolute atomic E-state index is 0.253. The third kappa shape index (κ3) is 6.79. The van der Waals surface area contributed by atoms with Crippen molar-refractivity contribution in [2.75, 3.05) is 21.3 Å². The van der Waals surface area contributed by atoms with Crippen LogP contribution in [0.4, 0.5) is 22.7 Å². The summed E-state index contributed by atoms with van der Waals surface area (Å²) in [6.07, 6.45) is 5.03. The average molecular weight is 509 g/mol. The number of carbonyl (C=O) groups excluding carboxylic acids is 3. The van der Waals surface area contributed by atoms with E-state index in [4.69, 9.17) is 5.84 Å². The van der Waals surface area contributed by atoms with E-state index in [1.807, 2.05) is 23.9 Å². The minimum atomic E-state index is -0.338. The Morgan fingerprint density at radius 3 is 1.55 bits per heavy atom. The predicted molar refractivity (Wildman–Crippen MR) is 147 cm³/mol. The van der Waals surface area contributed by atoms with Gasteiger partial charge in [-0.25, -0.2) is 4.57 Å². The predicted octanol–water partition coefficient (Wildman–Crippen LogP) is 3.58. The van der Waals surface area contributed by atoms with E-state index in [1.165, 1.54) is 6.34 Å². The molecule has 0 atom stereocenters. The lowest BCUT2D eigenvalue weighted by molar-refractivity contribution is -0.670. The number of carbonyl (C=O) groups is 3. The average Bonchev–Trinajstić information content (AvgIpc) is 2.93. The Balaban J connectivity index is 1.32. The Kier molecular flexibility index (Phi) is 8.05. The Hall–Kier alpha value is -5.51. The van der Waals surface area contributed by atoms with Crippen molar-refractivity contribution in [3.8, 4) is 0 Å². The molecule has 0 aliphatic rings. The molecule has 0 aliphatic carbocycles. The third-order valence-corrected chi connectivity index (χ3v) is 5.46. The molecule has 38 heavy (non-hydrogen) atoms. The first-order chi connectivity index (χ1) is 18.4. The van der Waals surface area contributed by atoms with Gasteiger partial charge in [-0.3, -0.25) is 14.4 Å². The smallest absolute Gasteiger partial charge is 0.255 e. The van der Waals surface area contributed by atoms with E-state index >= 15 is 0 Å². The fourth-order valence-electron chi connectivity index (χ4n) is 3.51. The van der Waals surface area contributed by atoms with Gasteiger partial charge in [-0.2, -0.15) is 5.10 Å². The fraction of sp³-hybridized carbons (Fsp3) is 0.0357. The molecule has 10 heteroatoms. The summed E-state index contributed by atoms with van der Waals surface area (Å²) in [5, 5.41) is 14.7. The van der Waals surface area contributed by atoms with E-state index in [0.29, 0.717) is 33.8 Å². The number of rotatable bonds is 8. The van der Waals surface area contributed by atoms with Crippen LogP contribution in [0.3, 0.4) is 0 Å². The maximum absolute atomic E-state index is 12.7. The van der Waals surface area contributed by atoms with E-state index in [9.17, 15) is 14.4 Å². The molecule has 0 unspecified atom stereocenters. The monoisotopic (exact) mass is 508 g/mol. The lowest BCUT2D eigenvalue weighted by Gasteiger charge is -2.09. The summed E-state index contributed by atoms with van der Waals surface area (Å²) in [6.45, 7) is 0. The number of pyridine rings is 1. The summed E-state index contributed by atoms with van der Waals surface area (Å²) in [5.74, 6) is 4.16. The van der Waals surface area contributed by atoms with E-state index in [1.54, 1.807) is 85.1 Å². The molecule has 3 aromatic carbocycles. The zero-order valence-corrected chi connectivity index (χ0v) is 20.5. The molecule has 0 fully saturated rings. The lowest BCUT2D eigenvalue weighted by atomic mass is 10.1. The van der Waals surface area contributed by atoms with E-state index in [2.05, 4.69) is 26.4 Å². The standard InChI is InChI=1S/C28H25N7O3/c1-35-16-2-3-25(17-35)34-28(38)21-8-10-23(11-9-21)32-26(36)19-4-6-20(7-5-19)27(37)33-24-14-12-22(13-15-24)30-18-31-29/h2-18H,1H3,(H5-,29,30,31,32,33,34,36,37,38)/p+1. The molecule has 6 N–H and O–H groups in total. The first kappa shape index (κ1) is 25.6. The minimum Gasteiger partial charge on any atom is -0.345 e. The topological polar surface area (TPSA) is 142 Å². The van der Waals surface area contributed by atoms with Gasteiger partial charge < -0.3 is 27.1 Å². The van der Waals surface area contributed by atoms with Crippen molar-refractivity contribution >= 4 is 46.8 Å². The van der Waals surface area contributed by atoms with Crippen molar-refractivity contribution in [2.45, 2.75) is 0 Å². The number of anilines is 4. The molecule has 10 nitrogen and oxygen atoms in total. The van der Waals surface area contributed by atoms with Gasteiger partial charge in [0.2, 0.25) is 0 Å². The van der Waals surface area contributed by atoms with Gasteiger partial charge in [-0.1, -0.05) is 0 Å². The third-order valence-electron chi connectivity index (χ3n) is 5.46. The largest absolute Gasteiger partial charge is 0.345 e. The Labute approximate surface area is 219 Å². The number of nitrogens with zero attached hydrogens (tertiary/aromatic N) is 2. The van der Waals surface area contributed by atoms with Crippen molar-refractivity contribution in [2.24, 2.45) is 18.0 Å². The van der Waals surface area contributed by atoms with Crippen molar-refractivity contribution in [1.82, 2.24) is 0 Å². The molecule has 0 spiro atoms. The summed E-state index contributed by atoms with van der Waals surface area (Å²) in [4.78, 5) is 37.7. The van der Waals surface area contributed by atoms with Gasteiger partial charge in [-0.05, 0) is 78.9 Å². The number of hydrogen-bond acceptors (Lipinski definition) is 5. The number of amides is 3. The molecule has 190 valence electrons. The number of nitrogens with two attached hydrogens (primary N) is 1. The van der Waals surface area contributed by atoms with Gasteiger partial charge in [0.25, 0.3) is 17.7 Å². The van der Waals surface area contributed by atoms with Gasteiger partial charge in [0.15, 0.2) is 12.4 Å². The SMILES string of the molecule is C[n+]1cccc(NC(=O)c2ccc(NC(=O)c3ccc(C(=O)Nc4ccc(NC=NN)cc4)cc3)cc2)c1. The fourth-order valence-corrected chi connectivity index (χ4v) is 3.51. The van der Waals surface area contributed by atoms with Crippen LogP contribution < -0.4 is 31.7 Å². The molecule has 0 bridgehead atoms. The first-order valence-electron chi connectivity index (χ1n) is 11.6. The summed E-state index contributed by atoms with van der Waals surface area (Å²) in [5.41, 5.74) is 3.85. The highest BCUT2D eigenvalue weighted by molar-refractivity contribution is 6.08. The number of aryl methyl sites for hydroxylation is 1. The molecule has 0 radical (unpaired) electrons. The van der Waals surface area contributed by atoms with Crippen molar-refractivity contribution in [3.63, 3.8) is 0 Å². The van der Waals surface area contributed by atoms with Gasteiger partial charge in [0.1, 0.15) is 19.1 Å². The van der Waals surface area contributed by atoms with Crippen LogP contribution >= 0.6 is 0 Å². The second-order valence-corrected chi connectivity index (χ2v) is 8.28. The number of benzene rings is 3. The van der Waals surface area contributed by atoms with Crippen LogP contribution in [0.2, 0.25) is 0 Å². The van der Waals surface area contributed by atoms with Crippen LogP contribution in [0.25, 0.3) is 0 Å². The van der Waals surface area contributed by atoms with Crippen molar-refractivity contribution in [3.05, 3.63) is 114 Å². The Bertz CT molecular complexity index is 1470. The number of aromatic nitrogens is 1. The highest BCUT2D eigenvalue weighted by Crippen LogP contribution is 2.16. The normalized spacial score (nSPS) is 10.6. The highest BCUT2D eigenvalue weighted by Gasteiger charge is 2.12. The molecule has 0 saturated heterocycles. The lowest BCUT2D eigenvalue weighted by Crippen LogP contribution is -2.27. The molecule has 0 aliphatic heterocycles. The number of hydrogen-bond donors (Lipinski definition) is 5. The Morgan fingerprint density at radius 2 is 1.08 bits per heavy atom. The van der Waals surface area contributed by atoms with E-state index in [0.717, 1.165) is 5.69 Å². The maximum atomic E-state index is 12.7. The molecule has 4 aromatic rings. The molecular weight excluding hydrogens is 482 g/mol. The van der Waals surface area contributed by atoms with Gasteiger partial charge in [-0.15, -0.1) is 0 Å². The van der Waals surface area contributed by atoms with Crippen molar-refractivity contribution in [1.29, 1.82) is 0 Å². The quantitative estimate of drug-likeness (QED) is 0.0813. The number of nitrogens with one attached hydrogen (secondary N) is 4. The van der Waals surface area contributed by atoms with Crippen molar-refractivity contribution < 1.29 is 19.0 Å². The molecule has 1 aromatic heterocycles. The van der Waals surface area contributed by atoms with Gasteiger partial charge in [0.05, 0.1) is 0 Å². The summed E-state index contributed by atoms with van der Waals surface area (Å²) >= 11 is 0. The number of hydrazone groups is 1. The molecule has 1 heterocycles. The van der Waals surface area contributed by atoms with E-state index < -0.39 is 0 Å². The molecule has 0 saturated carbocycles. The summed E-state index contributed by atoms with van der Waals surface area (Å²) in [6, 6.07) is 23.5. The highest BCUT2D eigenvalue weighted by atomic mass is 16.2. The van der Waals surface area contributed by atoms with Crippen LogP contribution in [0, 0.1) is 0 Å². The Morgan fingerprint density at radius 1 is 0.658 bits per heavy atom. The van der Waals surface area contributed by atoms with Crippen LogP contribution in [0.5, 0.6) is 0 Å². The first-order valence-corrected chi connectivity index (χ1v) is 11.6. The molecule has 3 amide bonds. The second kappa shape index (κ2) is 12.0. The molecular formula is C28H26N7O3+. The van der Waals surface area contributed by atoms with E-state index in [-0.39, 0.29) is 17.7 Å². The van der Waals surface area contributed by atoms with Crippen LogP contribution in [-0.2, 0) is 7.05 Å². The van der Waals surface area contributed by atoms with Crippen LogP contribution in [-0.4, -0.2) is 24.1 Å². The van der Waals surface area contributed by atoms with Gasteiger partial charge >= 0.3 is 0 Å². The zero-order chi connectivity index (χ0) is 26.9. The second-order valence-electron chi connectivity index (χ2n) is 8.28. The van der Waals surface area contributed by atoms with Crippen LogP contribution in [0.15, 0.2) is 102 Å². The maximum Gasteiger partial charge on any atom is 0.255 e. The summed E-state index contributed by atoms with van der Waals surface area (Å²) in [7, 11) is 1.87.